The van der Waals surface area contributed by atoms with Gasteiger partial charge in [-0.05, 0) is 43.9 Å². The third-order valence-corrected chi connectivity index (χ3v) is 5.59. The molecule has 0 saturated heterocycles. The summed E-state index contributed by atoms with van der Waals surface area (Å²) in [7, 11) is 0.463. The van der Waals surface area contributed by atoms with E-state index in [0.717, 1.165) is 0 Å². The minimum Gasteiger partial charge on any atom is -0.429 e. The molecule has 0 bridgehead atoms. The van der Waals surface area contributed by atoms with Crippen LogP contribution in [0.15, 0.2) is 23.2 Å². The number of guanidine groups is 1. The highest BCUT2D eigenvalue weighted by atomic mass is 19.4. The second-order valence-electron chi connectivity index (χ2n) is 8.07. The van der Waals surface area contributed by atoms with Crippen LogP contribution in [0.4, 0.5) is 26.3 Å². The molecule has 0 aliphatic heterocycles. The number of Topliss-reactive ketones (excluding diaryl/α,β-unsaturated/α-hetero) is 1. The van der Waals surface area contributed by atoms with Crippen LogP contribution >= 0.6 is 0 Å². The molecular formula is C20H24BF6N4O4. The van der Waals surface area contributed by atoms with Crippen LogP contribution in [0, 0.1) is 5.41 Å². The second-order valence-corrected chi connectivity index (χ2v) is 8.07. The number of aliphatic imine (C=N–C) groups is 1. The van der Waals surface area contributed by atoms with Gasteiger partial charge in [-0.1, -0.05) is 12.8 Å². The first kappa shape index (κ1) is 28.4. The summed E-state index contributed by atoms with van der Waals surface area (Å²) in [5, 5.41) is 11.0. The van der Waals surface area contributed by atoms with Crippen molar-refractivity contribution >= 4 is 25.3 Å². The number of rotatable bonds is 10. The van der Waals surface area contributed by atoms with Crippen molar-refractivity contribution in [2.45, 2.75) is 57.0 Å². The van der Waals surface area contributed by atoms with Crippen molar-refractivity contribution in [3.63, 3.8) is 0 Å². The molecule has 15 heteroatoms. The maximum Gasteiger partial charge on any atom is 0.485 e. The van der Waals surface area contributed by atoms with Gasteiger partial charge in [-0.15, -0.1) is 0 Å². The van der Waals surface area contributed by atoms with Crippen LogP contribution in [0.3, 0.4) is 0 Å². The van der Waals surface area contributed by atoms with Gasteiger partial charge in [-0.2, -0.15) is 26.3 Å². The van der Waals surface area contributed by atoms with Gasteiger partial charge < -0.3 is 26.5 Å². The number of nitrogens with zero attached hydrogens (tertiary/aromatic N) is 1. The quantitative estimate of drug-likeness (QED) is 0.0727. The standard InChI is InChI=1S/C20H24BF6N4O4/c22-19(23,24)12-8-11(9-13(10-12)20(25,26)27)15(32)18(5-1-2-6-18)16(33)30-14(31-17(28)29)4-3-7-35-21-34/h8-10,14,34H,1-7H2,(H,30,33)(H4,28,29,31)/t14-/m0/s1. The molecule has 1 aliphatic rings. The van der Waals surface area contributed by atoms with Gasteiger partial charge in [-0.3, -0.25) is 9.59 Å². The van der Waals surface area contributed by atoms with E-state index in [2.05, 4.69) is 15.0 Å². The average Bonchev–Trinajstić information content (AvgIpc) is 3.25. The molecule has 0 spiro atoms. The molecule has 0 heterocycles. The molecule has 1 aromatic carbocycles. The van der Waals surface area contributed by atoms with Crippen LogP contribution in [-0.4, -0.2) is 43.1 Å². The average molecular weight is 509 g/mol. The number of carbonyl (C=O) groups is 2. The summed E-state index contributed by atoms with van der Waals surface area (Å²) in [6.45, 7) is 0.0391. The fraction of sp³-hybridized carbons (Fsp3) is 0.550. The third-order valence-electron chi connectivity index (χ3n) is 5.59. The van der Waals surface area contributed by atoms with Crippen LogP contribution in [0.25, 0.3) is 0 Å². The van der Waals surface area contributed by atoms with E-state index in [1.165, 1.54) is 0 Å². The molecule has 193 valence electrons. The van der Waals surface area contributed by atoms with Gasteiger partial charge in [0.25, 0.3) is 0 Å². The number of amides is 1. The lowest BCUT2D eigenvalue weighted by Crippen LogP contribution is -2.49. The summed E-state index contributed by atoms with van der Waals surface area (Å²) in [6.07, 6.45) is -10.4. The van der Waals surface area contributed by atoms with E-state index in [0.29, 0.717) is 32.7 Å². The molecule has 0 unspecified atom stereocenters. The van der Waals surface area contributed by atoms with Crippen LogP contribution < -0.4 is 16.8 Å². The van der Waals surface area contributed by atoms with Gasteiger partial charge in [-0.25, -0.2) is 4.99 Å². The Bertz CT molecular complexity index is 912. The highest BCUT2D eigenvalue weighted by molar-refractivity contribution is 6.15. The van der Waals surface area contributed by atoms with E-state index in [-0.39, 0.29) is 38.4 Å². The Morgan fingerprint density at radius 1 is 1.09 bits per heavy atom. The summed E-state index contributed by atoms with van der Waals surface area (Å²) in [5.74, 6) is -2.45. The zero-order valence-electron chi connectivity index (χ0n) is 18.4. The van der Waals surface area contributed by atoms with Gasteiger partial charge >= 0.3 is 20.0 Å². The highest BCUT2D eigenvalue weighted by Crippen LogP contribution is 2.43. The lowest BCUT2D eigenvalue weighted by Gasteiger charge is -2.29. The second kappa shape index (κ2) is 11.3. The Labute approximate surface area is 197 Å². The van der Waals surface area contributed by atoms with Crippen molar-refractivity contribution in [3.8, 4) is 0 Å². The summed E-state index contributed by atoms with van der Waals surface area (Å²) in [4.78, 5) is 30.4. The normalized spacial score (nSPS) is 16.4. The van der Waals surface area contributed by atoms with Crippen molar-refractivity contribution < 1.29 is 45.6 Å². The molecule has 1 aliphatic carbocycles. The smallest absolute Gasteiger partial charge is 0.429 e. The van der Waals surface area contributed by atoms with E-state index in [4.69, 9.17) is 16.5 Å². The first-order chi connectivity index (χ1) is 16.2. The maximum absolute atomic E-state index is 13.3. The van der Waals surface area contributed by atoms with Gasteiger partial charge in [0.15, 0.2) is 11.7 Å². The van der Waals surface area contributed by atoms with Crippen LogP contribution in [0.1, 0.15) is 60.0 Å². The number of hydrogen-bond acceptors (Lipinski definition) is 5. The summed E-state index contributed by atoms with van der Waals surface area (Å²) < 4.78 is 84.3. The SMILES string of the molecule is NC(N)=N[C@@H](CCCO[B]O)NC(=O)C1(C(=O)c2cc(C(F)(F)F)cc(C(F)(F)F)c2)CCCC1. The first-order valence-electron chi connectivity index (χ1n) is 10.5. The molecule has 1 atom stereocenters. The Morgan fingerprint density at radius 3 is 2.09 bits per heavy atom. The van der Waals surface area contributed by atoms with Crippen molar-refractivity contribution in [1.82, 2.24) is 5.32 Å². The van der Waals surface area contributed by atoms with Crippen molar-refractivity contribution in [2.24, 2.45) is 21.9 Å². The molecule has 1 amide bonds. The summed E-state index contributed by atoms with van der Waals surface area (Å²) >= 11 is 0. The van der Waals surface area contributed by atoms with E-state index < -0.39 is 58.3 Å². The molecule has 35 heavy (non-hydrogen) atoms. The number of halogens is 6. The van der Waals surface area contributed by atoms with E-state index >= 15 is 0 Å². The molecule has 0 aromatic heterocycles. The van der Waals surface area contributed by atoms with E-state index in [1.54, 1.807) is 0 Å². The number of hydrogen-bond donors (Lipinski definition) is 4. The van der Waals surface area contributed by atoms with Gasteiger partial charge in [0.1, 0.15) is 11.6 Å². The van der Waals surface area contributed by atoms with Crippen molar-refractivity contribution in [2.75, 3.05) is 6.61 Å². The molecule has 8 nitrogen and oxygen atoms in total. The molecule has 1 radical (unpaired) electrons. The van der Waals surface area contributed by atoms with Crippen LogP contribution in [0.5, 0.6) is 0 Å². The van der Waals surface area contributed by atoms with Gasteiger partial charge in [0, 0.05) is 12.2 Å². The number of nitrogens with two attached hydrogens (primary N) is 2. The molecule has 2 rings (SSSR count). The van der Waals surface area contributed by atoms with Gasteiger partial charge in [0.2, 0.25) is 5.91 Å². The lowest BCUT2D eigenvalue weighted by atomic mass is 9.77. The Morgan fingerprint density at radius 2 is 1.63 bits per heavy atom. The monoisotopic (exact) mass is 509 g/mol. The third kappa shape index (κ3) is 7.34. The number of carbonyl (C=O) groups excluding carboxylic acids is 2. The Kier molecular flexibility index (Phi) is 9.17. The van der Waals surface area contributed by atoms with E-state index in [1.807, 2.05) is 0 Å². The minimum absolute atomic E-state index is 0.0391. The molecule has 1 aromatic rings. The number of nitrogens with one attached hydrogen (secondary N) is 1. The van der Waals surface area contributed by atoms with Crippen molar-refractivity contribution in [3.05, 3.63) is 34.9 Å². The minimum atomic E-state index is -5.14. The number of alkyl halides is 6. The molecular weight excluding hydrogens is 485 g/mol. The fourth-order valence-electron chi connectivity index (χ4n) is 3.95. The lowest BCUT2D eigenvalue weighted by molar-refractivity contribution is -0.143. The predicted molar refractivity (Wildman–Crippen MR) is 113 cm³/mol. The van der Waals surface area contributed by atoms with Crippen LogP contribution in [-0.2, 0) is 21.8 Å². The molecule has 1 saturated carbocycles. The van der Waals surface area contributed by atoms with E-state index in [9.17, 15) is 35.9 Å². The number of ketones is 1. The number of benzene rings is 1. The van der Waals surface area contributed by atoms with Gasteiger partial charge in [0.05, 0.1) is 11.1 Å². The molecule has 1 fully saturated rings. The summed E-state index contributed by atoms with van der Waals surface area (Å²) in [6, 6.07) is 0.557. The first-order valence-corrected chi connectivity index (χ1v) is 10.5. The highest BCUT2D eigenvalue weighted by Gasteiger charge is 2.49. The Hall–Kier alpha value is -2.81. The topological polar surface area (TPSA) is 140 Å². The summed E-state index contributed by atoms with van der Waals surface area (Å²) in [5.41, 5.74) is 4.69. The fourth-order valence-corrected chi connectivity index (χ4v) is 3.95. The zero-order valence-corrected chi connectivity index (χ0v) is 18.4. The predicted octanol–water partition coefficient (Wildman–Crippen LogP) is 2.51. The zero-order chi connectivity index (χ0) is 26.4. The maximum atomic E-state index is 13.3. The van der Waals surface area contributed by atoms with Crippen LogP contribution in [0.2, 0.25) is 0 Å². The molecule has 6 N–H and O–H groups in total. The van der Waals surface area contributed by atoms with Crippen molar-refractivity contribution in [1.29, 1.82) is 0 Å². The largest absolute Gasteiger partial charge is 0.485 e. The Balaban J connectivity index is 2.42.